The van der Waals surface area contributed by atoms with Crippen LogP contribution in [0.2, 0.25) is 0 Å². The second kappa shape index (κ2) is 9.77. The van der Waals surface area contributed by atoms with E-state index in [-0.39, 0.29) is 39.8 Å². The van der Waals surface area contributed by atoms with Crippen LogP contribution in [0.4, 0.5) is 5.69 Å². The first kappa shape index (κ1) is 24.2. The first-order valence-corrected chi connectivity index (χ1v) is 12.4. The van der Waals surface area contributed by atoms with E-state index >= 15 is 0 Å². The Kier molecular flexibility index (Phi) is 6.77. The summed E-state index contributed by atoms with van der Waals surface area (Å²) in [5, 5.41) is 13.4. The lowest BCUT2D eigenvalue weighted by atomic mass is 10.1. The van der Waals surface area contributed by atoms with Gasteiger partial charge in [-0.3, -0.25) is 9.59 Å². The predicted octanol–water partition coefficient (Wildman–Crippen LogP) is 4.40. The van der Waals surface area contributed by atoms with E-state index in [9.17, 15) is 23.1 Å². The largest absolute Gasteiger partial charge is 0.507 e. The van der Waals surface area contributed by atoms with Crippen LogP contribution in [0.25, 0.3) is 21.9 Å². The number of hydrogen-bond acceptors (Lipinski definition) is 7. The van der Waals surface area contributed by atoms with Gasteiger partial charge in [-0.25, -0.2) is 8.42 Å². The number of fused-ring (bicyclic) bond motifs is 2. The Morgan fingerprint density at radius 3 is 2.49 bits per heavy atom. The van der Waals surface area contributed by atoms with Gasteiger partial charge in [0, 0.05) is 24.7 Å². The van der Waals surface area contributed by atoms with Crippen LogP contribution in [0.5, 0.6) is 11.5 Å². The lowest BCUT2D eigenvalue weighted by Gasteiger charge is -2.22. The average molecular weight is 497 g/mol. The molecule has 2 N–H and O–H groups in total. The van der Waals surface area contributed by atoms with Gasteiger partial charge in [-0.2, -0.15) is 0 Å². The molecule has 0 radical (unpaired) electrons. The molecular weight excluding hydrogens is 472 g/mol. The summed E-state index contributed by atoms with van der Waals surface area (Å²) in [4.78, 5) is 29.8. The van der Waals surface area contributed by atoms with E-state index in [0.717, 1.165) is 4.47 Å². The van der Waals surface area contributed by atoms with Gasteiger partial charge < -0.3 is 19.7 Å². The van der Waals surface area contributed by atoms with Crippen molar-refractivity contribution in [1.82, 2.24) is 4.47 Å². The van der Waals surface area contributed by atoms with Gasteiger partial charge >= 0.3 is 0 Å². The van der Waals surface area contributed by atoms with Crippen LogP contribution < -0.4 is 15.6 Å². The molecule has 0 aliphatic rings. The van der Waals surface area contributed by atoms with Gasteiger partial charge in [-0.05, 0) is 47.3 Å². The second-order valence-electron chi connectivity index (χ2n) is 7.92. The van der Waals surface area contributed by atoms with Crippen molar-refractivity contribution in [1.29, 1.82) is 0 Å². The zero-order valence-corrected chi connectivity index (χ0v) is 20.0. The Balaban J connectivity index is 1.72. The molecule has 4 rings (SSSR count). The van der Waals surface area contributed by atoms with Gasteiger partial charge in [-0.1, -0.05) is 25.5 Å². The van der Waals surface area contributed by atoms with E-state index in [1.54, 1.807) is 24.3 Å². The first-order chi connectivity index (χ1) is 16.7. The molecule has 1 amide bonds. The van der Waals surface area contributed by atoms with Crippen molar-refractivity contribution in [2.75, 3.05) is 11.9 Å². The fraction of sp³-hybridized carbons (Fsp3) is 0.200. The molecule has 0 atom stereocenters. The summed E-state index contributed by atoms with van der Waals surface area (Å²) in [6.07, 6.45) is 1.23. The number of nitrogens with zero attached hydrogens (tertiary/aromatic N) is 1. The minimum absolute atomic E-state index is 0.0111. The number of unbranched alkanes of at least 4 members (excludes halogenated alkanes) is 1. The topological polar surface area (TPSA) is 126 Å². The molecule has 0 aliphatic heterocycles. The number of aromatic hydroxyl groups is 1. The van der Waals surface area contributed by atoms with E-state index in [4.69, 9.17) is 9.25 Å². The van der Waals surface area contributed by atoms with Crippen molar-refractivity contribution in [3.05, 3.63) is 70.9 Å². The molecule has 0 saturated heterocycles. The van der Waals surface area contributed by atoms with Crippen molar-refractivity contribution in [3.63, 3.8) is 0 Å². The van der Waals surface area contributed by atoms with Crippen molar-refractivity contribution in [2.24, 2.45) is 0 Å². The Morgan fingerprint density at radius 2 is 1.80 bits per heavy atom. The number of hydroxylamine groups is 1. The number of hydrogen-bond donors (Lipinski definition) is 2. The highest BCUT2D eigenvalue weighted by Crippen LogP contribution is 2.32. The normalized spacial score (nSPS) is 11.7. The summed E-state index contributed by atoms with van der Waals surface area (Å²) in [5.74, 6) is -0.670. The van der Waals surface area contributed by atoms with Crippen LogP contribution in [0.1, 0.15) is 26.7 Å². The molecule has 3 aromatic carbocycles. The van der Waals surface area contributed by atoms with E-state index in [2.05, 4.69) is 5.32 Å². The molecule has 0 unspecified atom stereocenters. The monoisotopic (exact) mass is 496 g/mol. The summed E-state index contributed by atoms with van der Waals surface area (Å²) in [6.45, 7) is 3.32. The van der Waals surface area contributed by atoms with Crippen LogP contribution in [0.15, 0.2) is 74.8 Å². The minimum atomic E-state index is -4.10. The molecular formula is C25H24N2O7S. The number of carbonyl (C=O) groups excluding carboxylic acids is 1. The maximum atomic E-state index is 13.3. The number of rotatable bonds is 8. The molecule has 0 saturated carbocycles. The highest BCUT2D eigenvalue weighted by atomic mass is 32.2. The summed E-state index contributed by atoms with van der Waals surface area (Å²) >= 11 is 0. The molecule has 9 nitrogen and oxygen atoms in total. The van der Waals surface area contributed by atoms with Crippen LogP contribution in [0.3, 0.4) is 0 Å². The van der Waals surface area contributed by atoms with Gasteiger partial charge in [0.1, 0.15) is 22.3 Å². The summed E-state index contributed by atoms with van der Waals surface area (Å²) in [7, 11) is -4.10. The van der Waals surface area contributed by atoms with Crippen molar-refractivity contribution >= 4 is 43.6 Å². The zero-order valence-electron chi connectivity index (χ0n) is 19.1. The highest BCUT2D eigenvalue weighted by Gasteiger charge is 2.27. The summed E-state index contributed by atoms with van der Waals surface area (Å²) in [5.41, 5.74) is 0.451. The van der Waals surface area contributed by atoms with Crippen LogP contribution in [0, 0.1) is 0 Å². The molecule has 1 aromatic heterocycles. The first-order valence-electron chi connectivity index (χ1n) is 11.0. The fourth-order valence-corrected chi connectivity index (χ4v) is 4.85. The van der Waals surface area contributed by atoms with Crippen LogP contribution >= 0.6 is 0 Å². The Hall–Kier alpha value is -3.89. The number of phenolic OH excluding ortho intramolecular Hbond substituents is 1. The van der Waals surface area contributed by atoms with E-state index in [1.807, 2.05) is 6.92 Å². The molecule has 1 heterocycles. The number of phenols is 1. The Bertz CT molecular complexity index is 1560. The SMILES string of the molecule is CCCCN(Oc1cc(O)c2c(=O)c3ccccc3oc2c1)S(=O)(=O)c1ccc(NC(C)=O)cc1. The smallest absolute Gasteiger partial charge is 0.273 e. The molecule has 0 bridgehead atoms. The molecule has 35 heavy (non-hydrogen) atoms. The van der Waals surface area contributed by atoms with Crippen molar-refractivity contribution in [2.45, 2.75) is 31.6 Å². The quantitative estimate of drug-likeness (QED) is 0.274. The fourth-order valence-electron chi connectivity index (χ4n) is 3.58. The van der Waals surface area contributed by atoms with Gasteiger partial charge in [0.25, 0.3) is 10.0 Å². The number of amides is 1. The number of carbonyl (C=O) groups is 1. The Labute approximate surface area is 201 Å². The average Bonchev–Trinajstić information content (AvgIpc) is 2.81. The van der Waals surface area contributed by atoms with Crippen LogP contribution in [-0.2, 0) is 14.8 Å². The third-order valence-corrected chi connectivity index (χ3v) is 6.94. The predicted molar refractivity (Wildman–Crippen MR) is 132 cm³/mol. The van der Waals surface area contributed by atoms with Gasteiger partial charge in [0.2, 0.25) is 11.3 Å². The van der Waals surface area contributed by atoms with E-state index in [1.165, 1.54) is 43.3 Å². The van der Waals surface area contributed by atoms with Crippen LogP contribution in [-0.4, -0.2) is 30.4 Å². The zero-order chi connectivity index (χ0) is 25.2. The highest BCUT2D eigenvalue weighted by molar-refractivity contribution is 7.89. The molecule has 10 heteroatoms. The molecule has 0 fully saturated rings. The molecule has 0 spiro atoms. The maximum Gasteiger partial charge on any atom is 0.273 e. The standard InChI is InChI=1S/C25H24N2O7S/c1-3-4-13-27(35(31,32)19-11-9-17(10-12-19)26-16(2)28)34-18-14-21(29)24-23(15-18)33-22-8-6-5-7-20(22)25(24)30/h5-12,14-15,29H,3-4,13H2,1-2H3,(H,26,28). The third-order valence-electron chi connectivity index (χ3n) is 5.28. The molecule has 0 aliphatic carbocycles. The number of para-hydroxylation sites is 1. The number of anilines is 1. The van der Waals surface area contributed by atoms with Gasteiger partial charge in [0.15, 0.2) is 5.75 Å². The van der Waals surface area contributed by atoms with Gasteiger partial charge in [-0.15, -0.1) is 0 Å². The third kappa shape index (κ3) is 4.98. The van der Waals surface area contributed by atoms with E-state index in [0.29, 0.717) is 29.5 Å². The Morgan fingerprint density at radius 1 is 1.09 bits per heavy atom. The molecule has 182 valence electrons. The number of nitrogens with one attached hydrogen (secondary N) is 1. The minimum Gasteiger partial charge on any atom is -0.507 e. The van der Waals surface area contributed by atoms with Crippen molar-refractivity contribution in [3.8, 4) is 11.5 Å². The van der Waals surface area contributed by atoms with Crippen molar-refractivity contribution < 1.29 is 27.6 Å². The summed E-state index contributed by atoms with van der Waals surface area (Å²) in [6, 6.07) is 14.9. The number of benzene rings is 3. The van der Waals surface area contributed by atoms with E-state index < -0.39 is 15.5 Å². The maximum absolute atomic E-state index is 13.3. The number of sulfonamides is 1. The lowest BCUT2D eigenvalue weighted by Crippen LogP contribution is -2.35. The second-order valence-corrected chi connectivity index (χ2v) is 9.75. The molecule has 4 aromatic rings. The van der Waals surface area contributed by atoms with Gasteiger partial charge in [0.05, 0.1) is 16.8 Å². The lowest BCUT2D eigenvalue weighted by molar-refractivity contribution is -0.114. The summed E-state index contributed by atoms with van der Waals surface area (Å²) < 4.78 is 33.3.